The third kappa shape index (κ3) is 2.16. The van der Waals surface area contributed by atoms with Crippen LogP contribution in [0.4, 0.5) is 0 Å². The molecule has 3 N–H and O–H groups in total. The van der Waals surface area contributed by atoms with Gasteiger partial charge in [0.25, 0.3) is 0 Å². The van der Waals surface area contributed by atoms with Crippen LogP contribution < -0.4 is 5.32 Å². The van der Waals surface area contributed by atoms with Crippen molar-refractivity contribution in [3.05, 3.63) is 0 Å². The number of nitrogens with zero attached hydrogens (tertiary/aromatic N) is 1. The fourth-order valence-electron chi connectivity index (χ4n) is 4.54. The average molecular weight is 358 g/mol. The van der Waals surface area contributed by atoms with E-state index in [1.165, 1.54) is 4.90 Å². The number of carboxylic acid groups (broad SMARTS) is 1. The SMILES string of the molecule is CC1(C)[C@H](C(=O)O)N2C(=O)C[C@H]2S1(CO)C(=O)C1CCCCCN1. The Bertz CT molecular complexity index is 573. The van der Waals surface area contributed by atoms with Crippen molar-refractivity contribution >= 4 is 27.0 Å². The molecule has 8 heteroatoms. The fraction of sp³-hybridized carbons (Fsp3) is 0.812. The Labute approximate surface area is 143 Å². The number of aliphatic hydroxyl groups is 1. The van der Waals surface area contributed by atoms with Crippen LogP contribution in [0.3, 0.4) is 0 Å². The molecule has 1 amide bonds. The number of aliphatic carboxylic acids is 1. The molecule has 0 aromatic heterocycles. The lowest BCUT2D eigenvalue weighted by molar-refractivity contribution is -0.157. The first-order chi connectivity index (χ1) is 11.3. The predicted octanol–water partition coefficient (Wildman–Crippen LogP) is 0.603. The van der Waals surface area contributed by atoms with Crippen molar-refractivity contribution in [1.82, 2.24) is 10.2 Å². The van der Waals surface area contributed by atoms with Gasteiger partial charge in [0, 0.05) is 4.75 Å². The largest absolute Gasteiger partial charge is 0.480 e. The quantitative estimate of drug-likeness (QED) is 0.638. The molecule has 0 aliphatic carbocycles. The van der Waals surface area contributed by atoms with Crippen LogP contribution in [-0.4, -0.2) is 66.8 Å². The highest BCUT2D eigenvalue weighted by Crippen LogP contribution is 2.73. The third-order valence-electron chi connectivity index (χ3n) is 5.93. The van der Waals surface area contributed by atoms with Gasteiger partial charge in [0.1, 0.15) is 6.04 Å². The first-order valence-electron chi connectivity index (χ1n) is 8.50. The summed E-state index contributed by atoms with van der Waals surface area (Å²) >= 11 is 0. The first kappa shape index (κ1) is 17.7. The van der Waals surface area contributed by atoms with Crippen molar-refractivity contribution in [3.63, 3.8) is 0 Å². The summed E-state index contributed by atoms with van der Waals surface area (Å²) in [6, 6.07) is -1.39. The van der Waals surface area contributed by atoms with Crippen molar-refractivity contribution < 1.29 is 24.6 Å². The van der Waals surface area contributed by atoms with Gasteiger partial charge in [-0.15, -0.1) is 10.0 Å². The normalized spacial score (nSPS) is 40.9. The summed E-state index contributed by atoms with van der Waals surface area (Å²) in [4.78, 5) is 38.7. The number of β-lactam (4-membered cyclic amide) rings is 1. The number of aliphatic hydroxyl groups excluding tert-OH is 1. The second kappa shape index (κ2) is 6.00. The molecule has 3 aliphatic heterocycles. The van der Waals surface area contributed by atoms with Gasteiger partial charge in [0.2, 0.25) is 5.91 Å². The molecule has 3 heterocycles. The number of rotatable bonds is 3. The van der Waals surface area contributed by atoms with E-state index in [1.54, 1.807) is 13.8 Å². The number of fused-ring (bicyclic) bond motifs is 1. The molecule has 0 aromatic rings. The number of carboxylic acids is 1. The van der Waals surface area contributed by atoms with Crippen LogP contribution >= 0.6 is 10.0 Å². The highest BCUT2D eigenvalue weighted by Gasteiger charge is 2.71. The van der Waals surface area contributed by atoms with Crippen molar-refractivity contribution in [2.75, 3.05) is 12.5 Å². The lowest BCUT2D eigenvalue weighted by atomic mass is 9.98. The number of hydrogen-bond acceptors (Lipinski definition) is 5. The maximum Gasteiger partial charge on any atom is 0.327 e. The van der Waals surface area contributed by atoms with E-state index in [-0.39, 0.29) is 29.4 Å². The van der Waals surface area contributed by atoms with Gasteiger partial charge in [-0.25, -0.2) is 4.79 Å². The minimum absolute atomic E-state index is 0.0526. The molecule has 0 aromatic carbocycles. The Morgan fingerprint density at radius 2 is 2.04 bits per heavy atom. The van der Waals surface area contributed by atoms with Crippen LogP contribution in [0.15, 0.2) is 0 Å². The molecule has 3 fully saturated rings. The van der Waals surface area contributed by atoms with Crippen molar-refractivity contribution in [3.8, 4) is 0 Å². The maximum atomic E-state index is 13.5. The van der Waals surface area contributed by atoms with Crippen molar-refractivity contribution in [1.29, 1.82) is 0 Å². The average Bonchev–Trinajstić information content (AvgIpc) is 2.73. The van der Waals surface area contributed by atoms with E-state index >= 15 is 0 Å². The van der Waals surface area contributed by atoms with Gasteiger partial charge in [-0.1, -0.05) is 12.8 Å². The summed E-state index contributed by atoms with van der Waals surface area (Å²) in [5.74, 6) is -1.68. The maximum absolute atomic E-state index is 13.5. The Morgan fingerprint density at radius 1 is 1.33 bits per heavy atom. The summed E-state index contributed by atoms with van der Waals surface area (Å²) in [6.45, 7) is 4.22. The Morgan fingerprint density at radius 3 is 2.58 bits per heavy atom. The molecule has 0 radical (unpaired) electrons. The molecule has 0 bridgehead atoms. The molecule has 24 heavy (non-hydrogen) atoms. The molecule has 3 saturated heterocycles. The zero-order valence-electron chi connectivity index (χ0n) is 14.2. The topological polar surface area (TPSA) is 107 Å². The zero-order valence-corrected chi connectivity index (χ0v) is 15.0. The molecular weight excluding hydrogens is 332 g/mol. The minimum atomic E-state index is -2.36. The van der Waals surface area contributed by atoms with E-state index in [9.17, 15) is 24.6 Å². The van der Waals surface area contributed by atoms with Gasteiger partial charge in [-0.3, -0.25) is 9.59 Å². The van der Waals surface area contributed by atoms with E-state index in [1.807, 2.05) is 0 Å². The Hall–Kier alpha value is -1.12. The Kier molecular flexibility index (Phi) is 4.42. The lowest BCUT2D eigenvalue weighted by Gasteiger charge is -2.50. The van der Waals surface area contributed by atoms with Crippen molar-refractivity contribution in [2.45, 2.75) is 68.2 Å². The van der Waals surface area contributed by atoms with E-state index in [4.69, 9.17) is 0 Å². The number of nitrogens with one attached hydrogen (secondary N) is 1. The summed E-state index contributed by atoms with van der Waals surface area (Å²) in [5.41, 5.74) is 0. The van der Waals surface area contributed by atoms with Crippen LogP contribution in [-0.2, 0) is 14.4 Å². The standard InChI is InChI=1S/C16H26N2O5S/c1-16(2)13(14(21)22)18-11(20)8-12(18)24(16,9-19)15(23)10-6-4-3-5-7-17-10/h10,12-13,17,19H,3-9H2,1-2H3,(H,21,22)/t10?,12-,13+/m1/s1. The van der Waals surface area contributed by atoms with Gasteiger partial charge in [-0.2, -0.15) is 0 Å². The highest BCUT2D eigenvalue weighted by molar-refractivity contribution is 8.46. The number of hydrogen-bond donors (Lipinski definition) is 3. The third-order valence-corrected chi connectivity index (χ3v) is 10.8. The second-order valence-electron chi connectivity index (χ2n) is 7.40. The second-order valence-corrected chi connectivity index (χ2v) is 11.2. The molecular formula is C16H26N2O5S. The monoisotopic (exact) mass is 358 g/mol. The first-order valence-corrected chi connectivity index (χ1v) is 10.4. The summed E-state index contributed by atoms with van der Waals surface area (Å²) in [5, 5.41) is 22.7. The highest BCUT2D eigenvalue weighted by atomic mass is 32.3. The lowest BCUT2D eigenvalue weighted by Crippen LogP contribution is -2.57. The van der Waals surface area contributed by atoms with Gasteiger partial charge < -0.3 is 20.4 Å². The molecule has 2 unspecified atom stereocenters. The molecule has 3 aliphatic rings. The van der Waals surface area contributed by atoms with Gasteiger partial charge in [0.05, 0.1) is 23.8 Å². The van der Waals surface area contributed by atoms with E-state index in [0.717, 1.165) is 25.8 Å². The zero-order chi connectivity index (χ0) is 17.7. The smallest absolute Gasteiger partial charge is 0.327 e. The number of carbonyl (C=O) groups excluding carboxylic acids is 2. The summed E-state index contributed by atoms with van der Waals surface area (Å²) < 4.78 is -0.949. The van der Waals surface area contributed by atoms with Gasteiger partial charge in [0.15, 0.2) is 5.12 Å². The molecule has 3 rings (SSSR count). The van der Waals surface area contributed by atoms with E-state index in [2.05, 4.69) is 5.32 Å². The minimum Gasteiger partial charge on any atom is -0.480 e. The number of amides is 1. The van der Waals surface area contributed by atoms with Gasteiger partial charge >= 0.3 is 5.97 Å². The Balaban J connectivity index is 2.02. The van der Waals surface area contributed by atoms with Gasteiger partial charge in [-0.05, 0) is 33.2 Å². The van der Waals surface area contributed by atoms with Crippen LogP contribution in [0.25, 0.3) is 0 Å². The summed E-state index contributed by atoms with van der Waals surface area (Å²) in [7, 11) is -2.36. The van der Waals surface area contributed by atoms with Crippen LogP contribution in [0.5, 0.6) is 0 Å². The molecule has 0 spiro atoms. The van der Waals surface area contributed by atoms with Crippen LogP contribution in [0.2, 0.25) is 0 Å². The molecule has 136 valence electrons. The molecule has 0 saturated carbocycles. The van der Waals surface area contributed by atoms with Crippen LogP contribution in [0, 0.1) is 0 Å². The van der Waals surface area contributed by atoms with Crippen molar-refractivity contribution in [2.24, 2.45) is 0 Å². The van der Waals surface area contributed by atoms with Crippen LogP contribution in [0.1, 0.15) is 46.0 Å². The van der Waals surface area contributed by atoms with E-state index < -0.39 is 32.2 Å². The molecule has 4 atom stereocenters. The summed E-state index contributed by atoms with van der Waals surface area (Å²) in [6.07, 6.45) is 3.90. The molecule has 7 nitrogen and oxygen atoms in total. The predicted molar refractivity (Wildman–Crippen MR) is 90.7 cm³/mol. The fourth-order valence-corrected chi connectivity index (χ4v) is 9.04. The number of carbonyl (C=O) groups is 3. The van der Waals surface area contributed by atoms with E-state index in [0.29, 0.717) is 6.42 Å².